The van der Waals surface area contributed by atoms with Gasteiger partial charge in [0.25, 0.3) is 5.91 Å². The van der Waals surface area contributed by atoms with Crippen LogP contribution in [-0.2, 0) is 13.6 Å². The fourth-order valence-electron chi connectivity index (χ4n) is 1.79. The molecule has 1 aromatic heterocycles. The zero-order valence-electron chi connectivity index (χ0n) is 10.9. The minimum atomic E-state index is -0.581. The number of rotatable bonds is 3. The Labute approximate surface area is 111 Å². The van der Waals surface area contributed by atoms with Crippen molar-refractivity contribution in [1.29, 1.82) is 0 Å². The Morgan fingerprint density at radius 2 is 2.11 bits per heavy atom. The minimum absolute atomic E-state index is 0.0367. The Bertz CT molecular complexity index is 619. The zero-order valence-corrected chi connectivity index (χ0v) is 10.9. The largest absolute Gasteiger partial charge is 0.396 e. The summed E-state index contributed by atoms with van der Waals surface area (Å²) in [5, 5.41) is 2.75. The lowest BCUT2D eigenvalue weighted by atomic mass is 10.2. The van der Waals surface area contributed by atoms with Crippen molar-refractivity contribution in [3.63, 3.8) is 0 Å². The SMILES string of the molecule is Cc1ccc(CNC(=O)c2ccc(N)c(F)c2)n1C. The first-order chi connectivity index (χ1) is 8.99. The van der Waals surface area contributed by atoms with Crippen LogP contribution in [-0.4, -0.2) is 10.5 Å². The van der Waals surface area contributed by atoms with Gasteiger partial charge < -0.3 is 15.6 Å². The van der Waals surface area contributed by atoms with Gasteiger partial charge in [0.15, 0.2) is 0 Å². The quantitative estimate of drug-likeness (QED) is 0.830. The molecule has 19 heavy (non-hydrogen) atoms. The topological polar surface area (TPSA) is 60.1 Å². The van der Waals surface area contributed by atoms with Gasteiger partial charge in [0, 0.05) is 24.0 Å². The Morgan fingerprint density at radius 3 is 2.68 bits per heavy atom. The summed E-state index contributed by atoms with van der Waals surface area (Å²) in [5.74, 6) is -0.903. The molecule has 2 rings (SSSR count). The number of hydrogen-bond donors (Lipinski definition) is 2. The van der Waals surface area contributed by atoms with E-state index in [2.05, 4.69) is 5.32 Å². The number of aromatic nitrogens is 1. The lowest BCUT2D eigenvalue weighted by molar-refractivity contribution is 0.0949. The fourth-order valence-corrected chi connectivity index (χ4v) is 1.79. The monoisotopic (exact) mass is 261 g/mol. The molecule has 0 radical (unpaired) electrons. The maximum absolute atomic E-state index is 13.3. The van der Waals surface area contributed by atoms with Crippen LogP contribution in [0.5, 0.6) is 0 Å². The first-order valence-corrected chi connectivity index (χ1v) is 5.93. The number of nitrogens with zero attached hydrogens (tertiary/aromatic N) is 1. The number of carbonyl (C=O) groups excluding carboxylic acids is 1. The molecule has 4 nitrogen and oxygen atoms in total. The van der Waals surface area contributed by atoms with Crippen LogP contribution in [0.1, 0.15) is 21.7 Å². The van der Waals surface area contributed by atoms with Crippen molar-refractivity contribution in [1.82, 2.24) is 9.88 Å². The Hall–Kier alpha value is -2.30. The first kappa shape index (κ1) is 13.1. The number of nitrogen functional groups attached to an aromatic ring is 1. The predicted molar refractivity (Wildman–Crippen MR) is 72.1 cm³/mol. The molecule has 2 aromatic rings. The number of anilines is 1. The van der Waals surface area contributed by atoms with Crippen LogP contribution < -0.4 is 11.1 Å². The first-order valence-electron chi connectivity index (χ1n) is 5.93. The summed E-state index contributed by atoms with van der Waals surface area (Å²) >= 11 is 0. The second-order valence-corrected chi connectivity index (χ2v) is 4.44. The van der Waals surface area contributed by atoms with Gasteiger partial charge >= 0.3 is 0 Å². The molecule has 0 aliphatic rings. The van der Waals surface area contributed by atoms with E-state index in [1.807, 2.05) is 30.7 Å². The van der Waals surface area contributed by atoms with Crippen molar-refractivity contribution < 1.29 is 9.18 Å². The number of nitrogens with two attached hydrogens (primary N) is 1. The predicted octanol–water partition coefficient (Wildman–Crippen LogP) is 1.98. The van der Waals surface area contributed by atoms with Gasteiger partial charge in [0.05, 0.1) is 12.2 Å². The smallest absolute Gasteiger partial charge is 0.251 e. The Morgan fingerprint density at radius 1 is 1.37 bits per heavy atom. The normalized spacial score (nSPS) is 10.5. The van der Waals surface area contributed by atoms with E-state index in [1.165, 1.54) is 12.1 Å². The average molecular weight is 261 g/mol. The molecule has 3 N–H and O–H groups in total. The van der Waals surface area contributed by atoms with Crippen molar-refractivity contribution in [3.8, 4) is 0 Å². The number of hydrogen-bond acceptors (Lipinski definition) is 2. The van der Waals surface area contributed by atoms with Crippen LogP contribution in [0.4, 0.5) is 10.1 Å². The van der Waals surface area contributed by atoms with Gasteiger partial charge in [-0.3, -0.25) is 4.79 Å². The van der Waals surface area contributed by atoms with E-state index in [4.69, 9.17) is 5.73 Å². The summed E-state index contributed by atoms with van der Waals surface area (Å²) in [7, 11) is 1.93. The number of aryl methyl sites for hydroxylation is 1. The van der Waals surface area contributed by atoms with Crippen LogP contribution in [0.2, 0.25) is 0 Å². The third kappa shape index (κ3) is 2.76. The van der Waals surface area contributed by atoms with Crippen LogP contribution in [0.15, 0.2) is 30.3 Å². The molecule has 5 heteroatoms. The molecule has 0 fully saturated rings. The molecule has 0 spiro atoms. The zero-order chi connectivity index (χ0) is 14.0. The van der Waals surface area contributed by atoms with Gasteiger partial charge in [-0.1, -0.05) is 0 Å². The molecule has 0 aliphatic carbocycles. The lowest BCUT2D eigenvalue weighted by Crippen LogP contribution is -2.24. The van der Waals surface area contributed by atoms with Crippen molar-refractivity contribution in [2.24, 2.45) is 7.05 Å². The van der Waals surface area contributed by atoms with E-state index >= 15 is 0 Å². The molecule has 0 bridgehead atoms. The standard InChI is InChI=1S/C14H16FN3O/c1-9-3-5-11(18(9)2)8-17-14(19)10-4-6-13(16)12(15)7-10/h3-7H,8,16H2,1-2H3,(H,17,19). The van der Waals surface area contributed by atoms with Gasteiger partial charge in [-0.25, -0.2) is 4.39 Å². The molecule has 0 unspecified atom stereocenters. The van der Waals surface area contributed by atoms with Crippen LogP contribution in [0, 0.1) is 12.7 Å². The summed E-state index contributed by atoms with van der Waals surface area (Å²) in [6.45, 7) is 2.38. The summed E-state index contributed by atoms with van der Waals surface area (Å²) in [6, 6.07) is 7.95. The summed E-state index contributed by atoms with van der Waals surface area (Å²) in [6.07, 6.45) is 0. The van der Waals surface area contributed by atoms with Crippen molar-refractivity contribution in [2.45, 2.75) is 13.5 Å². The number of benzene rings is 1. The molecule has 1 amide bonds. The number of nitrogens with one attached hydrogen (secondary N) is 1. The molecule has 0 saturated carbocycles. The highest BCUT2D eigenvalue weighted by molar-refractivity contribution is 5.94. The van der Waals surface area contributed by atoms with Crippen LogP contribution >= 0.6 is 0 Å². The maximum Gasteiger partial charge on any atom is 0.251 e. The van der Waals surface area contributed by atoms with Gasteiger partial charge in [-0.2, -0.15) is 0 Å². The highest BCUT2D eigenvalue weighted by Gasteiger charge is 2.09. The van der Waals surface area contributed by atoms with E-state index in [-0.39, 0.29) is 17.2 Å². The highest BCUT2D eigenvalue weighted by Crippen LogP contribution is 2.12. The molecular weight excluding hydrogens is 245 g/mol. The van der Waals surface area contributed by atoms with Gasteiger partial charge in [0.2, 0.25) is 0 Å². The van der Waals surface area contributed by atoms with E-state index in [1.54, 1.807) is 0 Å². The van der Waals surface area contributed by atoms with Gasteiger partial charge in [-0.05, 0) is 37.3 Å². The van der Waals surface area contributed by atoms with E-state index in [0.29, 0.717) is 6.54 Å². The number of halogens is 1. The molecule has 1 heterocycles. The van der Waals surface area contributed by atoms with Crippen LogP contribution in [0.25, 0.3) is 0 Å². The Kier molecular flexibility index (Phi) is 3.55. The Balaban J connectivity index is 2.05. The summed E-state index contributed by atoms with van der Waals surface area (Å²) < 4.78 is 15.3. The lowest BCUT2D eigenvalue weighted by Gasteiger charge is -2.08. The second-order valence-electron chi connectivity index (χ2n) is 4.44. The fraction of sp³-hybridized carbons (Fsp3) is 0.214. The van der Waals surface area contributed by atoms with Crippen LogP contribution in [0.3, 0.4) is 0 Å². The summed E-state index contributed by atoms with van der Waals surface area (Å²) in [4.78, 5) is 11.9. The van der Waals surface area contributed by atoms with Crippen molar-refractivity contribution in [3.05, 3.63) is 53.1 Å². The maximum atomic E-state index is 13.3. The number of carbonyl (C=O) groups is 1. The molecule has 0 atom stereocenters. The third-order valence-corrected chi connectivity index (χ3v) is 3.17. The van der Waals surface area contributed by atoms with Crippen molar-refractivity contribution in [2.75, 3.05) is 5.73 Å². The second kappa shape index (κ2) is 5.14. The van der Waals surface area contributed by atoms with E-state index in [9.17, 15) is 9.18 Å². The molecular formula is C14H16FN3O. The minimum Gasteiger partial charge on any atom is -0.396 e. The highest BCUT2D eigenvalue weighted by atomic mass is 19.1. The third-order valence-electron chi connectivity index (χ3n) is 3.17. The molecule has 0 saturated heterocycles. The average Bonchev–Trinajstić information content (AvgIpc) is 2.70. The van der Waals surface area contributed by atoms with Crippen molar-refractivity contribution >= 4 is 11.6 Å². The molecule has 100 valence electrons. The van der Waals surface area contributed by atoms with E-state index < -0.39 is 5.82 Å². The van der Waals surface area contributed by atoms with Gasteiger partial charge in [0.1, 0.15) is 5.82 Å². The molecule has 1 aromatic carbocycles. The van der Waals surface area contributed by atoms with E-state index in [0.717, 1.165) is 17.5 Å². The summed E-state index contributed by atoms with van der Waals surface area (Å²) in [5.41, 5.74) is 7.77. The molecule has 0 aliphatic heterocycles. The number of amides is 1. The van der Waals surface area contributed by atoms with Gasteiger partial charge in [-0.15, -0.1) is 0 Å².